The third-order valence-corrected chi connectivity index (χ3v) is 3.97. The Kier molecular flexibility index (Phi) is 4.24. The number of nitrogens with one attached hydrogen (secondary N) is 1. The van der Waals surface area contributed by atoms with Crippen LogP contribution in [0.1, 0.15) is 25.8 Å². The molecule has 0 saturated carbocycles. The number of hydrogen-bond donors (Lipinski definition) is 1. The molecule has 7 heteroatoms. The molecule has 0 saturated heterocycles. The molecule has 24 heavy (non-hydrogen) atoms. The zero-order valence-corrected chi connectivity index (χ0v) is 13.9. The van der Waals surface area contributed by atoms with Crippen molar-refractivity contribution in [2.24, 2.45) is 5.16 Å². The second-order valence-electron chi connectivity index (χ2n) is 5.75. The summed E-state index contributed by atoms with van der Waals surface area (Å²) < 4.78 is 7.09. The number of rotatable bonds is 5. The molecule has 0 bridgehead atoms. The number of oxime groups is 1. The quantitative estimate of drug-likeness (QED) is 0.914. The highest BCUT2D eigenvalue weighted by Crippen LogP contribution is 2.31. The van der Waals surface area contributed by atoms with Crippen LogP contribution < -0.4 is 10.1 Å². The molecule has 3 rings (SSSR count). The van der Waals surface area contributed by atoms with Crippen LogP contribution in [0.3, 0.4) is 0 Å². The van der Waals surface area contributed by atoms with Gasteiger partial charge in [-0.3, -0.25) is 9.48 Å². The van der Waals surface area contributed by atoms with E-state index in [0.29, 0.717) is 23.7 Å². The lowest BCUT2D eigenvalue weighted by Crippen LogP contribution is -2.40. The number of benzene rings is 1. The Bertz CT molecular complexity index is 784. The van der Waals surface area contributed by atoms with Gasteiger partial charge >= 0.3 is 0 Å². The van der Waals surface area contributed by atoms with Crippen LogP contribution in [0.25, 0.3) is 0 Å². The SMILES string of the molecule is CCn1ccc(NC(=O)[C@]2(C)CC(c3ccccc3OC)=NO2)n1. The van der Waals surface area contributed by atoms with Gasteiger partial charge in [0.25, 0.3) is 5.91 Å². The van der Waals surface area contributed by atoms with Gasteiger partial charge in [-0.1, -0.05) is 17.3 Å². The summed E-state index contributed by atoms with van der Waals surface area (Å²) in [5.41, 5.74) is 0.433. The highest BCUT2D eigenvalue weighted by Gasteiger charge is 2.43. The van der Waals surface area contributed by atoms with Crippen molar-refractivity contribution in [1.82, 2.24) is 9.78 Å². The number of carbonyl (C=O) groups is 1. The maximum atomic E-state index is 12.6. The molecule has 1 aromatic heterocycles. The van der Waals surface area contributed by atoms with E-state index in [9.17, 15) is 4.79 Å². The van der Waals surface area contributed by atoms with Crippen molar-refractivity contribution < 1.29 is 14.4 Å². The maximum Gasteiger partial charge on any atom is 0.272 e. The molecule has 2 aromatic rings. The third kappa shape index (κ3) is 2.97. The van der Waals surface area contributed by atoms with E-state index in [4.69, 9.17) is 9.57 Å². The fourth-order valence-electron chi connectivity index (χ4n) is 2.54. The predicted molar refractivity (Wildman–Crippen MR) is 90.2 cm³/mol. The van der Waals surface area contributed by atoms with Crippen molar-refractivity contribution in [3.63, 3.8) is 0 Å². The zero-order chi connectivity index (χ0) is 17.2. The standard InChI is InChI=1S/C17H20N4O3/c1-4-21-10-9-15(19-21)18-16(22)17(2)11-13(20-24-17)12-7-5-6-8-14(12)23-3/h5-10H,4,11H2,1-3H3,(H,18,19,22)/t17-/m0/s1. The van der Waals surface area contributed by atoms with E-state index in [1.165, 1.54) is 0 Å². The first-order valence-corrected chi connectivity index (χ1v) is 7.79. The Labute approximate surface area is 140 Å². The first-order valence-electron chi connectivity index (χ1n) is 7.79. The van der Waals surface area contributed by atoms with Gasteiger partial charge in [-0.05, 0) is 26.0 Å². The summed E-state index contributed by atoms with van der Waals surface area (Å²) in [7, 11) is 1.60. The summed E-state index contributed by atoms with van der Waals surface area (Å²) in [4.78, 5) is 18.0. The van der Waals surface area contributed by atoms with Gasteiger partial charge in [-0.15, -0.1) is 0 Å². The summed E-state index contributed by atoms with van der Waals surface area (Å²) in [6.07, 6.45) is 2.16. The van der Waals surface area contributed by atoms with Crippen LogP contribution in [0.15, 0.2) is 41.7 Å². The summed E-state index contributed by atoms with van der Waals surface area (Å²) in [6, 6.07) is 9.28. The number of aromatic nitrogens is 2. The van der Waals surface area contributed by atoms with Crippen LogP contribution in [-0.2, 0) is 16.2 Å². The fraction of sp³-hybridized carbons (Fsp3) is 0.353. The first kappa shape index (κ1) is 16.0. The number of hydrogen-bond acceptors (Lipinski definition) is 5. The number of anilines is 1. The van der Waals surface area contributed by atoms with Gasteiger partial charge in [0.15, 0.2) is 5.82 Å². The number of amides is 1. The van der Waals surface area contributed by atoms with Gasteiger partial charge in [0.2, 0.25) is 5.60 Å². The van der Waals surface area contributed by atoms with Gasteiger partial charge < -0.3 is 14.9 Å². The van der Waals surface area contributed by atoms with Crippen LogP contribution >= 0.6 is 0 Å². The molecule has 1 aliphatic heterocycles. The Morgan fingerprint density at radius 1 is 1.42 bits per heavy atom. The zero-order valence-electron chi connectivity index (χ0n) is 13.9. The number of ether oxygens (including phenoxy) is 1. The molecule has 1 aromatic carbocycles. The average molecular weight is 328 g/mol. The minimum atomic E-state index is -1.08. The largest absolute Gasteiger partial charge is 0.496 e. The number of carbonyl (C=O) groups excluding carboxylic acids is 1. The molecular weight excluding hydrogens is 308 g/mol. The van der Waals surface area contributed by atoms with Crippen molar-refractivity contribution in [1.29, 1.82) is 0 Å². The number of methoxy groups -OCH3 is 1. The molecule has 7 nitrogen and oxygen atoms in total. The van der Waals surface area contributed by atoms with Crippen LogP contribution in [0.2, 0.25) is 0 Å². The van der Waals surface area contributed by atoms with E-state index < -0.39 is 5.60 Å². The number of aryl methyl sites for hydroxylation is 1. The van der Waals surface area contributed by atoms with Crippen molar-refractivity contribution >= 4 is 17.4 Å². The van der Waals surface area contributed by atoms with Crippen molar-refractivity contribution in [2.45, 2.75) is 32.4 Å². The van der Waals surface area contributed by atoms with Crippen LogP contribution in [0.4, 0.5) is 5.82 Å². The molecular formula is C17H20N4O3. The molecule has 126 valence electrons. The highest BCUT2D eigenvalue weighted by molar-refractivity contribution is 6.09. The minimum Gasteiger partial charge on any atom is -0.496 e. The van der Waals surface area contributed by atoms with Crippen molar-refractivity contribution in [3.8, 4) is 5.75 Å². The topological polar surface area (TPSA) is 77.7 Å². The smallest absolute Gasteiger partial charge is 0.272 e. The third-order valence-electron chi connectivity index (χ3n) is 3.97. The van der Waals surface area contributed by atoms with E-state index in [2.05, 4.69) is 15.6 Å². The molecule has 1 amide bonds. The van der Waals surface area contributed by atoms with E-state index in [1.54, 1.807) is 24.8 Å². The van der Waals surface area contributed by atoms with Crippen LogP contribution in [0.5, 0.6) is 5.75 Å². The van der Waals surface area contributed by atoms with E-state index in [1.807, 2.05) is 37.4 Å². The average Bonchev–Trinajstić information content (AvgIpc) is 3.22. The molecule has 1 atom stereocenters. The second kappa shape index (κ2) is 6.35. The fourth-order valence-corrected chi connectivity index (χ4v) is 2.54. The molecule has 1 N–H and O–H groups in total. The van der Waals surface area contributed by atoms with E-state index in [-0.39, 0.29) is 5.91 Å². The summed E-state index contributed by atoms with van der Waals surface area (Å²) >= 11 is 0. The summed E-state index contributed by atoms with van der Waals surface area (Å²) in [5, 5.41) is 11.1. The molecule has 0 unspecified atom stereocenters. The van der Waals surface area contributed by atoms with E-state index >= 15 is 0 Å². The summed E-state index contributed by atoms with van der Waals surface area (Å²) in [6.45, 7) is 4.43. The Balaban J connectivity index is 1.73. The Morgan fingerprint density at radius 3 is 2.92 bits per heavy atom. The molecule has 0 fully saturated rings. The lowest BCUT2D eigenvalue weighted by molar-refractivity contribution is -0.135. The van der Waals surface area contributed by atoms with Crippen LogP contribution in [0, 0.1) is 0 Å². The second-order valence-corrected chi connectivity index (χ2v) is 5.75. The van der Waals surface area contributed by atoms with Crippen molar-refractivity contribution in [3.05, 3.63) is 42.1 Å². The maximum absolute atomic E-state index is 12.6. The van der Waals surface area contributed by atoms with E-state index in [0.717, 1.165) is 12.1 Å². The lowest BCUT2D eigenvalue weighted by atomic mass is 9.94. The Morgan fingerprint density at radius 2 is 2.21 bits per heavy atom. The molecule has 1 aliphatic rings. The monoisotopic (exact) mass is 328 g/mol. The van der Waals surface area contributed by atoms with Gasteiger partial charge in [-0.2, -0.15) is 5.10 Å². The number of para-hydroxylation sites is 1. The first-order chi connectivity index (χ1) is 11.6. The lowest BCUT2D eigenvalue weighted by Gasteiger charge is -2.19. The van der Waals surface area contributed by atoms with Gasteiger partial charge in [0.1, 0.15) is 5.75 Å². The Hall–Kier alpha value is -2.83. The van der Waals surface area contributed by atoms with Gasteiger partial charge in [0, 0.05) is 30.8 Å². The predicted octanol–water partition coefficient (Wildman–Crippen LogP) is 2.43. The van der Waals surface area contributed by atoms with Crippen molar-refractivity contribution in [2.75, 3.05) is 12.4 Å². The van der Waals surface area contributed by atoms with Gasteiger partial charge in [0.05, 0.1) is 12.8 Å². The molecule has 0 aliphatic carbocycles. The normalized spacial score (nSPS) is 19.5. The molecule has 0 spiro atoms. The van der Waals surface area contributed by atoms with Crippen LogP contribution in [-0.4, -0.2) is 34.1 Å². The number of nitrogens with zero attached hydrogens (tertiary/aromatic N) is 3. The summed E-state index contributed by atoms with van der Waals surface area (Å²) in [5.74, 6) is 0.918. The minimum absolute atomic E-state index is 0.280. The molecule has 0 radical (unpaired) electrons. The molecule has 2 heterocycles. The van der Waals surface area contributed by atoms with Gasteiger partial charge in [-0.25, -0.2) is 0 Å². The highest BCUT2D eigenvalue weighted by atomic mass is 16.7.